The molecule has 88 valence electrons. The molecule has 2 heterocycles. The van der Waals surface area contributed by atoms with Crippen molar-refractivity contribution in [3.05, 3.63) is 23.9 Å². The van der Waals surface area contributed by atoms with Crippen molar-refractivity contribution in [2.75, 3.05) is 31.2 Å². The maximum atomic E-state index is 12.5. The summed E-state index contributed by atoms with van der Waals surface area (Å²) in [5.41, 5.74) is -0.663. The highest BCUT2D eigenvalue weighted by molar-refractivity contribution is 5.42. The van der Waals surface area contributed by atoms with Crippen LogP contribution in [0.4, 0.5) is 19.0 Å². The SMILES string of the molecule is FC(F)(F)c1ccnc(N2CCOCC2)c1. The molecule has 0 amide bonds. The van der Waals surface area contributed by atoms with Crippen molar-refractivity contribution in [1.82, 2.24) is 4.98 Å². The van der Waals surface area contributed by atoms with E-state index in [9.17, 15) is 13.2 Å². The summed E-state index contributed by atoms with van der Waals surface area (Å²) in [6.45, 7) is 2.21. The van der Waals surface area contributed by atoms with E-state index in [2.05, 4.69) is 4.98 Å². The summed E-state index contributed by atoms with van der Waals surface area (Å²) >= 11 is 0. The van der Waals surface area contributed by atoms with E-state index in [0.29, 0.717) is 32.1 Å². The summed E-state index contributed by atoms with van der Waals surface area (Å²) in [5, 5.41) is 0. The maximum absolute atomic E-state index is 12.5. The van der Waals surface area contributed by atoms with Crippen molar-refractivity contribution in [3.8, 4) is 0 Å². The van der Waals surface area contributed by atoms with Gasteiger partial charge in [-0.05, 0) is 12.1 Å². The van der Waals surface area contributed by atoms with Crippen molar-refractivity contribution in [2.24, 2.45) is 0 Å². The minimum atomic E-state index is -4.32. The first kappa shape index (κ1) is 11.2. The summed E-state index contributed by atoms with van der Waals surface area (Å²) in [4.78, 5) is 5.74. The molecule has 0 spiro atoms. The summed E-state index contributed by atoms with van der Waals surface area (Å²) in [5.74, 6) is 0.359. The van der Waals surface area contributed by atoms with E-state index in [-0.39, 0.29) is 0 Å². The summed E-state index contributed by atoms with van der Waals surface area (Å²) in [7, 11) is 0. The van der Waals surface area contributed by atoms with E-state index in [1.165, 1.54) is 6.20 Å². The first-order valence-electron chi connectivity index (χ1n) is 4.93. The molecular formula is C10H11F3N2O. The lowest BCUT2D eigenvalue weighted by Crippen LogP contribution is -2.36. The molecule has 1 aromatic rings. The fourth-order valence-corrected chi connectivity index (χ4v) is 1.56. The Kier molecular flexibility index (Phi) is 3.00. The molecule has 1 aliphatic rings. The molecule has 1 aromatic heterocycles. The van der Waals surface area contributed by atoms with Crippen molar-refractivity contribution in [1.29, 1.82) is 0 Å². The van der Waals surface area contributed by atoms with Gasteiger partial charge in [-0.25, -0.2) is 4.98 Å². The van der Waals surface area contributed by atoms with E-state index in [1.807, 2.05) is 0 Å². The van der Waals surface area contributed by atoms with Gasteiger partial charge in [-0.1, -0.05) is 0 Å². The third-order valence-corrected chi connectivity index (χ3v) is 2.41. The van der Waals surface area contributed by atoms with Gasteiger partial charge in [0.1, 0.15) is 5.82 Å². The molecule has 0 aromatic carbocycles. The summed E-state index contributed by atoms with van der Waals surface area (Å²) in [6.07, 6.45) is -3.13. The average Bonchev–Trinajstić information content (AvgIpc) is 2.29. The molecule has 1 fully saturated rings. The van der Waals surface area contributed by atoms with Crippen molar-refractivity contribution in [3.63, 3.8) is 0 Å². The van der Waals surface area contributed by atoms with Crippen LogP contribution < -0.4 is 4.90 Å². The van der Waals surface area contributed by atoms with Gasteiger partial charge in [0.05, 0.1) is 18.8 Å². The van der Waals surface area contributed by atoms with Crippen LogP contribution in [0.15, 0.2) is 18.3 Å². The molecular weight excluding hydrogens is 221 g/mol. The number of rotatable bonds is 1. The van der Waals surface area contributed by atoms with Gasteiger partial charge in [0.15, 0.2) is 0 Å². The lowest BCUT2D eigenvalue weighted by Gasteiger charge is -2.28. The van der Waals surface area contributed by atoms with E-state index < -0.39 is 11.7 Å². The van der Waals surface area contributed by atoms with Crippen LogP contribution >= 0.6 is 0 Å². The van der Waals surface area contributed by atoms with Crippen molar-refractivity contribution < 1.29 is 17.9 Å². The van der Waals surface area contributed by atoms with Gasteiger partial charge < -0.3 is 9.64 Å². The number of halogens is 3. The van der Waals surface area contributed by atoms with Crippen LogP contribution in [0, 0.1) is 0 Å². The van der Waals surface area contributed by atoms with Crippen molar-refractivity contribution >= 4 is 5.82 Å². The maximum Gasteiger partial charge on any atom is 0.416 e. The molecule has 0 N–H and O–H groups in total. The number of pyridine rings is 1. The Morgan fingerprint density at radius 3 is 2.56 bits per heavy atom. The normalized spacial score (nSPS) is 17.6. The third kappa shape index (κ3) is 2.44. The van der Waals surface area contributed by atoms with E-state index in [1.54, 1.807) is 4.90 Å². The smallest absolute Gasteiger partial charge is 0.378 e. The Labute approximate surface area is 90.8 Å². The third-order valence-electron chi connectivity index (χ3n) is 2.41. The van der Waals surface area contributed by atoms with E-state index in [0.717, 1.165) is 12.1 Å². The van der Waals surface area contributed by atoms with Gasteiger partial charge in [-0.2, -0.15) is 13.2 Å². The molecule has 0 saturated carbocycles. The second-order valence-corrected chi connectivity index (χ2v) is 3.50. The Morgan fingerprint density at radius 1 is 1.25 bits per heavy atom. The lowest BCUT2D eigenvalue weighted by molar-refractivity contribution is -0.137. The Balaban J connectivity index is 2.21. The monoisotopic (exact) mass is 232 g/mol. The number of hydrogen-bond donors (Lipinski definition) is 0. The minimum absolute atomic E-state index is 0.359. The van der Waals surface area contributed by atoms with Gasteiger partial charge in [-0.3, -0.25) is 0 Å². The molecule has 1 aliphatic heterocycles. The molecule has 6 heteroatoms. The standard InChI is InChI=1S/C10H11F3N2O/c11-10(12,13)8-1-2-14-9(7-8)15-3-5-16-6-4-15/h1-2,7H,3-6H2. The Morgan fingerprint density at radius 2 is 1.94 bits per heavy atom. The second-order valence-electron chi connectivity index (χ2n) is 3.50. The van der Waals surface area contributed by atoms with Crippen LogP contribution in [0.3, 0.4) is 0 Å². The van der Waals surface area contributed by atoms with Crippen LogP contribution in [-0.4, -0.2) is 31.3 Å². The highest BCUT2D eigenvalue weighted by atomic mass is 19.4. The first-order chi connectivity index (χ1) is 7.57. The number of ether oxygens (including phenoxy) is 1. The number of alkyl halides is 3. The number of morpholine rings is 1. The van der Waals surface area contributed by atoms with Gasteiger partial charge in [0, 0.05) is 19.3 Å². The van der Waals surface area contributed by atoms with Gasteiger partial charge in [0.2, 0.25) is 0 Å². The number of anilines is 1. The molecule has 16 heavy (non-hydrogen) atoms. The summed E-state index contributed by atoms with van der Waals surface area (Å²) in [6, 6.07) is 2.05. The highest BCUT2D eigenvalue weighted by Crippen LogP contribution is 2.30. The number of hydrogen-bond acceptors (Lipinski definition) is 3. The molecule has 1 saturated heterocycles. The second kappa shape index (κ2) is 4.29. The molecule has 3 nitrogen and oxygen atoms in total. The predicted octanol–water partition coefficient (Wildman–Crippen LogP) is 1.94. The first-order valence-corrected chi connectivity index (χ1v) is 4.93. The van der Waals surface area contributed by atoms with Crippen LogP contribution in [-0.2, 0) is 10.9 Å². The fourth-order valence-electron chi connectivity index (χ4n) is 1.56. The van der Waals surface area contributed by atoms with Crippen LogP contribution in [0.2, 0.25) is 0 Å². The zero-order valence-electron chi connectivity index (χ0n) is 8.50. The Bertz CT molecular complexity index is 361. The van der Waals surface area contributed by atoms with Crippen LogP contribution in [0.1, 0.15) is 5.56 Å². The largest absolute Gasteiger partial charge is 0.416 e. The van der Waals surface area contributed by atoms with Gasteiger partial charge >= 0.3 is 6.18 Å². The summed E-state index contributed by atoms with van der Waals surface area (Å²) < 4.78 is 42.5. The van der Waals surface area contributed by atoms with Crippen molar-refractivity contribution in [2.45, 2.75) is 6.18 Å². The average molecular weight is 232 g/mol. The van der Waals surface area contributed by atoms with E-state index in [4.69, 9.17) is 4.74 Å². The minimum Gasteiger partial charge on any atom is -0.378 e. The topological polar surface area (TPSA) is 25.4 Å². The zero-order valence-corrected chi connectivity index (χ0v) is 8.50. The number of aromatic nitrogens is 1. The fraction of sp³-hybridized carbons (Fsp3) is 0.500. The molecule has 0 radical (unpaired) electrons. The van der Waals surface area contributed by atoms with Gasteiger partial charge in [-0.15, -0.1) is 0 Å². The van der Waals surface area contributed by atoms with Crippen LogP contribution in [0.25, 0.3) is 0 Å². The number of nitrogens with zero attached hydrogens (tertiary/aromatic N) is 2. The molecule has 0 atom stereocenters. The van der Waals surface area contributed by atoms with Gasteiger partial charge in [0.25, 0.3) is 0 Å². The predicted molar refractivity (Wildman–Crippen MR) is 52.3 cm³/mol. The quantitative estimate of drug-likeness (QED) is 0.739. The molecule has 0 unspecified atom stereocenters. The Hall–Kier alpha value is -1.30. The van der Waals surface area contributed by atoms with Crippen LogP contribution in [0.5, 0.6) is 0 Å². The highest BCUT2D eigenvalue weighted by Gasteiger charge is 2.31. The zero-order chi connectivity index (χ0) is 11.6. The molecule has 0 aliphatic carbocycles. The molecule has 2 rings (SSSR count). The van der Waals surface area contributed by atoms with E-state index >= 15 is 0 Å². The lowest BCUT2D eigenvalue weighted by atomic mass is 10.2. The molecule has 0 bridgehead atoms.